The van der Waals surface area contributed by atoms with Crippen LogP contribution in [0.5, 0.6) is 0 Å². The summed E-state index contributed by atoms with van der Waals surface area (Å²) in [6.07, 6.45) is 4.08. The van der Waals surface area contributed by atoms with Gasteiger partial charge in [-0.05, 0) is 25.3 Å². The van der Waals surface area contributed by atoms with Gasteiger partial charge in [-0.3, -0.25) is 0 Å². The van der Waals surface area contributed by atoms with Gasteiger partial charge in [0.05, 0.1) is 6.10 Å². The molecule has 2 rings (SSSR count). The third-order valence-corrected chi connectivity index (χ3v) is 3.06. The Balaban J connectivity index is 2.10. The van der Waals surface area contributed by atoms with Crippen LogP contribution in [0.2, 0.25) is 5.15 Å². The number of anilines is 1. The summed E-state index contributed by atoms with van der Waals surface area (Å²) >= 11 is 5.80. The molecule has 0 aromatic carbocycles. The van der Waals surface area contributed by atoms with Gasteiger partial charge in [0.25, 0.3) is 0 Å². The van der Waals surface area contributed by atoms with Crippen LogP contribution in [0.4, 0.5) is 5.95 Å². The quantitative estimate of drug-likeness (QED) is 0.778. The summed E-state index contributed by atoms with van der Waals surface area (Å²) in [6.45, 7) is 0. The van der Waals surface area contributed by atoms with E-state index in [-0.39, 0.29) is 6.10 Å². The Morgan fingerprint density at radius 3 is 2.93 bits per heavy atom. The van der Waals surface area contributed by atoms with Crippen molar-refractivity contribution in [1.29, 1.82) is 0 Å². The van der Waals surface area contributed by atoms with Gasteiger partial charge in [-0.2, -0.15) is 0 Å². The normalized spacial score (nSPS) is 25.5. The molecule has 2 atom stereocenters. The highest BCUT2D eigenvalue weighted by Gasteiger charge is 2.27. The molecule has 4 nitrogen and oxygen atoms in total. The largest absolute Gasteiger partial charge is 0.393 e. The maximum Gasteiger partial charge on any atom is 0.226 e. The summed E-state index contributed by atoms with van der Waals surface area (Å²) in [5, 5.41) is 9.91. The van der Waals surface area contributed by atoms with Crippen LogP contribution in [-0.4, -0.2) is 34.3 Å². The van der Waals surface area contributed by atoms with Crippen LogP contribution in [0.1, 0.15) is 19.3 Å². The van der Waals surface area contributed by atoms with E-state index in [1.165, 1.54) is 0 Å². The number of hydrogen-bond donors (Lipinski definition) is 1. The van der Waals surface area contributed by atoms with Gasteiger partial charge in [0, 0.05) is 19.3 Å². The minimum Gasteiger partial charge on any atom is -0.393 e. The standard InChI is InChI=1S/C10H14ClN3O/c1-14(7-2-3-8(15)6-7)10-12-5-4-9(11)13-10/h4-5,7-8,15H,2-3,6H2,1H3. The molecular formula is C10H14ClN3O. The Morgan fingerprint density at radius 1 is 1.53 bits per heavy atom. The van der Waals surface area contributed by atoms with E-state index in [0.717, 1.165) is 19.3 Å². The average molecular weight is 228 g/mol. The van der Waals surface area contributed by atoms with E-state index in [1.807, 2.05) is 11.9 Å². The predicted molar refractivity (Wildman–Crippen MR) is 59.1 cm³/mol. The molecule has 0 bridgehead atoms. The summed E-state index contributed by atoms with van der Waals surface area (Å²) in [7, 11) is 1.94. The highest BCUT2D eigenvalue weighted by molar-refractivity contribution is 6.29. The first-order valence-corrected chi connectivity index (χ1v) is 5.44. The van der Waals surface area contributed by atoms with Crippen LogP contribution in [0.15, 0.2) is 12.3 Å². The van der Waals surface area contributed by atoms with Gasteiger partial charge in [-0.15, -0.1) is 0 Å². The third kappa shape index (κ3) is 2.38. The summed E-state index contributed by atoms with van der Waals surface area (Å²) in [4.78, 5) is 10.3. The van der Waals surface area contributed by atoms with E-state index >= 15 is 0 Å². The Hall–Kier alpha value is -0.870. The number of aromatic nitrogens is 2. The number of halogens is 1. The highest BCUT2D eigenvalue weighted by atomic mass is 35.5. The van der Waals surface area contributed by atoms with Crippen LogP contribution >= 0.6 is 11.6 Å². The molecule has 0 saturated heterocycles. The van der Waals surface area contributed by atoms with Gasteiger partial charge < -0.3 is 10.0 Å². The lowest BCUT2D eigenvalue weighted by Crippen LogP contribution is -2.31. The smallest absolute Gasteiger partial charge is 0.226 e. The van der Waals surface area contributed by atoms with E-state index in [4.69, 9.17) is 11.6 Å². The van der Waals surface area contributed by atoms with Crippen molar-refractivity contribution in [2.75, 3.05) is 11.9 Å². The molecular weight excluding hydrogens is 214 g/mol. The van der Waals surface area contributed by atoms with Gasteiger partial charge in [0.15, 0.2) is 0 Å². The van der Waals surface area contributed by atoms with E-state index in [9.17, 15) is 5.11 Å². The number of rotatable bonds is 2. The molecule has 82 valence electrons. The molecule has 1 saturated carbocycles. The monoisotopic (exact) mass is 227 g/mol. The van der Waals surface area contributed by atoms with Crippen molar-refractivity contribution in [3.05, 3.63) is 17.4 Å². The lowest BCUT2D eigenvalue weighted by Gasteiger charge is -2.24. The van der Waals surface area contributed by atoms with Gasteiger partial charge in [-0.1, -0.05) is 11.6 Å². The zero-order valence-corrected chi connectivity index (χ0v) is 9.35. The second-order valence-corrected chi connectivity index (χ2v) is 4.30. The van der Waals surface area contributed by atoms with Gasteiger partial charge in [0.2, 0.25) is 5.95 Å². The molecule has 2 unspecified atom stereocenters. The molecule has 1 N–H and O–H groups in total. The van der Waals surface area contributed by atoms with Crippen LogP contribution < -0.4 is 4.90 Å². The van der Waals surface area contributed by atoms with E-state index in [0.29, 0.717) is 17.1 Å². The molecule has 1 heterocycles. The first kappa shape index (κ1) is 10.6. The fraction of sp³-hybridized carbons (Fsp3) is 0.600. The average Bonchev–Trinajstić information content (AvgIpc) is 2.64. The van der Waals surface area contributed by atoms with Crippen molar-refractivity contribution < 1.29 is 5.11 Å². The lowest BCUT2D eigenvalue weighted by molar-refractivity contribution is 0.181. The first-order chi connectivity index (χ1) is 7.16. The van der Waals surface area contributed by atoms with Crippen molar-refractivity contribution in [3.8, 4) is 0 Å². The van der Waals surface area contributed by atoms with Crippen LogP contribution in [-0.2, 0) is 0 Å². The van der Waals surface area contributed by atoms with Crippen molar-refractivity contribution in [2.45, 2.75) is 31.4 Å². The molecule has 1 aliphatic rings. The maximum atomic E-state index is 9.46. The Morgan fingerprint density at radius 2 is 2.33 bits per heavy atom. The maximum absolute atomic E-state index is 9.46. The Bertz CT molecular complexity index is 347. The number of nitrogens with zero attached hydrogens (tertiary/aromatic N) is 3. The molecule has 15 heavy (non-hydrogen) atoms. The van der Waals surface area contributed by atoms with Crippen LogP contribution in [0.25, 0.3) is 0 Å². The summed E-state index contributed by atoms with van der Waals surface area (Å²) in [5.41, 5.74) is 0. The molecule has 1 fully saturated rings. The Labute approximate surface area is 93.9 Å². The zero-order chi connectivity index (χ0) is 10.8. The second kappa shape index (κ2) is 4.33. The van der Waals surface area contributed by atoms with Crippen LogP contribution in [0.3, 0.4) is 0 Å². The molecule has 1 aromatic heterocycles. The van der Waals surface area contributed by atoms with Crippen molar-refractivity contribution in [2.24, 2.45) is 0 Å². The second-order valence-electron chi connectivity index (χ2n) is 3.91. The fourth-order valence-corrected chi connectivity index (χ4v) is 2.08. The number of aliphatic hydroxyl groups is 1. The summed E-state index contributed by atoms with van der Waals surface area (Å²) < 4.78 is 0. The molecule has 1 aliphatic carbocycles. The predicted octanol–water partition coefficient (Wildman–Crippen LogP) is 1.48. The van der Waals surface area contributed by atoms with Crippen molar-refractivity contribution in [3.63, 3.8) is 0 Å². The molecule has 0 spiro atoms. The summed E-state index contributed by atoms with van der Waals surface area (Å²) in [5.74, 6) is 0.626. The Kier molecular flexibility index (Phi) is 3.07. The zero-order valence-electron chi connectivity index (χ0n) is 8.60. The van der Waals surface area contributed by atoms with E-state index < -0.39 is 0 Å². The molecule has 0 amide bonds. The van der Waals surface area contributed by atoms with Crippen molar-refractivity contribution in [1.82, 2.24) is 9.97 Å². The molecule has 0 radical (unpaired) electrons. The van der Waals surface area contributed by atoms with Crippen molar-refractivity contribution >= 4 is 17.5 Å². The molecule has 5 heteroatoms. The number of hydrogen-bond acceptors (Lipinski definition) is 4. The fourth-order valence-electron chi connectivity index (χ4n) is 1.95. The third-order valence-electron chi connectivity index (χ3n) is 2.85. The SMILES string of the molecule is CN(c1nccc(Cl)n1)C1CCC(O)C1. The topological polar surface area (TPSA) is 49.2 Å². The highest BCUT2D eigenvalue weighted by Crippen LogP contribution is 2.25. The first-order valence-electron chi connectivity index (χ1n) is 5.06. The lowest BCUT2D eigenvalue weighted by atomic mass is 10.2. The van der Waals surface area contributed by atoms with E-state index in [1.54, 1.807) is 12.3 Å². The molecule has 1 aromatic rings. The van der Waals surface area contributed by atoms with Gasteiger partial charge >= 0.3 is 0 Å². The summed E-state index contributed by atoms with van der Waals surface area (Å²) in [6, 6.07) is 1.97. The van der Waals surface area contributed by atoms with Gasteiger partial charge in [0.1, 0.15) is 5.15 Å². The minimum atomic E-state index is -0.184. The van der Waals surface area contributed by atoms with Gasteiger partial charge in [-0.25, -0.2) is 9.97 Å². The van der Waals surface area contributed by atoms with E-state index in [2.05, 4.69) is 9.97 Å². The minimum absolute atomic E-state index is 0.184. The number of aliphatic hydroxyl groups excluding tert-OH is 1. The van der Waals surface area contributed by atoms with Crippen LogP contribution in [0, 0.1) is 0 Å². The molecule has 0 aliphatic heterocycles.